The van der Waals surface area contributed by atoms with Gasteiger partial charge < -0.3 is 29.7 Å². The Morgan fingerprint density at radius 2 is 1.65 bits per heavy atom. The molecule has 0 spiro atoms. The number of aromatic nitrogens is 1. The molecule has 2 amide bonds. The summed E-state index contributed by atoms with van der Waals surface area (Å²) in [6.07, 6.45) is 1.70. The zero-order valence-corrected chi connectivity index (χ0v) is 24.4. The molecule has 4 rings (SSSR count). The lowest BCUT2D eigenvalue weighted by Crippen LogP contribution is -2.38. The zero-order valence-electron chi connectivity index (χ0n) is 24.4. The monoisotopic (exact) mass is 544 g/mol. The van der Waals surface area contributed by atoms with E-state index >= 15 is 0 Å². The van der Waals surface area contributed by atoms with Crippen LogP contribution in [0.3, 0.4) is 0 Å². The first-order chi connectivity index (χ1) is 19.3. The maximum atomic E-state index is 13.4. The van der Waals surface area contributed by atoms with E-state index in [-0.39, 0.29) is 11.8 Å². The number of carbonyl (C=O) groups excluding carboxylic acids is 2. The molecule has 0 radical (unpaired) electrons. The van der Waals surface area contributed by atoms with Crippen molar-refractivity contribution >= 4 is 40.4 Å². The first-order valence-corrected chi connectivity index (χ1v) is 14.0. The second-order valence-corrected chi connectivity index (χ2v) is 9.68. The molecule has 0 bridgehead atoms. The highest BCUT2D eigenvalue weighted by atomic mass is 16.5. The highest BCUT2D eigenvalue weighted by molar-refractivity contribution is 6.13. The maximum Gasteiger partial charge on any atom is 0.260 e. The molecule has 2 aromatic carbocycles. The van der Waals surface area contributed by atoms with E-state index in [1.807, 2.05) is 73.2 Å². The molecule has 0 aliphatic carbocycles. The molecule has 0 saturated carbocycles. The Bertz CT molecular complexity index is 1360. The van der Waals surface area contributed by atoms with E-state index in [1.54, 1.807) is 24.2 Å². The van der Waals surface area contributed by atoms with Crippen molar-refractivity contribution in [3.8, 4) is 5.75 Å². The van der Waals surface area contributed by atoms with Gasteiger partial charge in [-0.15, -0.1) is 0 Å². The first kappa shape index (κ1) is 28.9. The summed E-state index contributed by atoms with van der Waals surface area (Å²) in [6, 6.07) is 15.0. The molecule has 9 nitrogen and oxygen atoms in total. The van der Waals surface area contributed by atoms with Crippen LogP contribution < -0.4 is 19.9 Å². The standard InChI is InChI=1S/C31H40N6O3/c1-7-36(8-2)17-18-37(9-3)30(38)22-15-16-24(28(19-22)40-10-4)33-29-20-26-27(21-32-29)35(6)31(39)23-13-11-12-14-25(23)34(26)5/h11-16,19-21H,7-10,17-18H2,1-6H3,(H,32,33). The maximum absolute atomic E-state index is 13.4. The van der Waals surface area contributed by atoms with E-state index in [9.17, 15) is 9.59 Å². The van der Waals surface area contributed by atoms with Crippen LogP contribution in [0.4, 0.5) is 28.6 Å². The SMILES string of the molecule is CCOc1cc(C(=O)N(CC)CCN(CC)CC)ccc1Nc1cc2c(cn1)N(C)C(=O)c1ccccc1N2C. The van der Waals surface area contributed by atoms with Gasteiger partial charge in [0.25, 0.3) is 11.8 Å². The molecule has 1 N–H and O–H groups in total. The number of pyridine rings is 1. The highest BCUT2D eigenvalue weighted by Gasteiger charge is 2.28. The summed E-state index contributed by atoms with van der Waals surface area (Å²) >= 11 is 0. The predicted molar refractivity (Wildman–Crippen MR) is 162 cm³/mol. The molecule has 2 heterocycles. The van der Waals surface area contributed by atoms with Gasteiger partial charge in [0.05, 0.1) is 41.1 Å². The first-order valence-electron chi connectivity index (χ1n) is 14.0. The third-order valence-corrected chi connectivity index (χ3v) is 7.43. The van der Waals surface area contributed by atoms with Gasteiger partial charge in [0.15, 0.2) is 0 Å². The number of fused-ring (bicyclic) bond motifs is 2. The average molecular weight is 545 g/mol. The van der Waals surface area contributed by atoms with Crippen molar-refractivity contribution in [2.75, 3.05) is 68.5 Å². The quantitative estimate of drug-likeness (QED) is 0.347. The number of hydrogen-bond acceptors (Lipinski definition) is 7. The lowest BCUT2D eigenvalue weighted by atomic mass is 10.1. The van der Waals surface area contributed by atoms with Gasteiger partial charge in [-0.2, -0.15) is 0 Å². The summed E-state index contributed by atoms with van der Waals surface area (Å²) in [5.41, 5.74) is 4.31. The summed E-state index contributed by atoms with van der Waals surface area (Å²) in [5, 5.41) is 3.37. The summed E-state index contributed by atoms with van der Waals surface area (Å²) < 4.78 is 5.95. The van der Waals surface area contributed by atoms with Crippen molar-refractivity contribution in [2.24, 2.45) is 0 Å². The van der Waals surface area contributed by atoms with Gasteiger partial charge >= 0.3 is 0 Å². The minimum atomic E-state index is -0.0826. The van der Waals surface area contributed by atoms with E-state index < -0.39 is 0 Å². The number of carbonyl (C=O) groups is 2. The summed E-state index contributed by atoms with van der Waals surface area (Å²) in [5.74, 6) is 1.08. The number of nitrogens with zero attached hydrogens (tertiary/aromatic N) is 5. The second-order valence-electron chi connectivity index (χ2n) is 9.68. The van der Waals surface area contributed by atoms with E-state index in [0.29, 0.717) is 53.8 Å². The van der Waals surface area contributed by atoms with Crippen molar-refractivity contribution in [1.82, 2.24) is 14.8 Å². The van der Waals surface area contributed by atoms with Crippen LogP contribution >= 0.6 is 0 Å². The number of likely N-dealkylation sites (N-methyl/N-ethyl adjacent to an activating group) is 2. The lowest BCUT2D eigenvalue weighted by Gasteiger charge is -2.26. The minimum Gasteiger partial charge on any atom is -0.492 e. The Kier molecular flexibility index (Phi) is 9.26. The zero-order chi connectivity index (χ0) is 28.8. The van der Waals surface area contributed by atoms with Crippen LogP contribution in [0.2, 0.25) is 0 Å². The minimum absolute atomic E-state index is 0.0155. The van der Waals surface area contributed by atoms with Crippen LogP contribution in [0, 0.1) is 0 Å². The normalized spacial score (nSPS) is 12.6. The Morgan fingerprint density at radius 3 is 2.35 bits per heavy atom. The van der Waals surface area contributed by atoms with E-state index in [0.717, 1.165) is 31.0 Å². The van der Waals surface area contributed by atoms with Crippen molar-refractivity contribution in [1.29, 1.82) is 0 Å². The van der Waals surface area contributed by atoms with Crippen LogP contribution in [0.1, 0.15) is 48.4 Å². The van der Waals surface area contributed by atoms with Gasteiger partial charge in [-0.25, -0.2) is 4.98 Å². The van der Waals surface area contributed by atoms with Crippen molar-refractivity contribution in [3.05, 3.63) is 65.9 Å². The number of benzene rings is 2. The van der Waals surface area contributed by atoms with Gasteiger partial charge in [-0.05, 0) is 57.3 Å². The third-order valence-electron chi connectivity index (χ3n) is 7.43. The molecule has 3 aromatic rings. The molecule has 9 heteroatoms. The fourth-order valence-electron chi connectivity index (χ4n) is 4.96. The molecule has 0 saturated heterocycles. The van der Waals surface area contributed by atoms with Gasteiger partial charge in [0.1, 0.15) is 11.6 Å². The highest BCUT2D eigenvalue weighted by Crippen LogP contribution is 2.40. The smallest absolute Gasteiger partial charge is 0.260 e. The number of nitrogens with one attached hydrogen (secondary N) is 1. The van der Waals surface area contributed by atoms with Crippen LogP contribution in [-0.2, 0) is 0 Å². The molecule has 0 fully saturated rings. The van der Waals surface area contributed by atoms with Crippen molar-refractivity contribution < 1.29 is 14.3 Å². The molecule has 0 atom stereocenters. The van der Waals surface area contributed by atoms with Crippen molar-refractivity contribution in [2.45, 2.75) is 27.7 Å². The summed E-state index contributed by atoms with van der Waals surface area (Å²) in [6.45, 7) is 12.7. The summed E-state index contributed by atoms with van der Waals surface area (Å²) in [7, 11) is 3.70. The largest absolute Gasteiger partial charge is 0.492 e. The van der Waals surface area contributed by atoms with Crippen LogP contribution in [0.25, 0.3) is 0 Å². The Balaban J connectivity index is 1.61. The Morgan fingerprint density at radius 1 is 0.900 bits per heavy atom. The Hall–Kier alpha value is -4.11. The fourth-order valence-corrected chi connectivity index (χ4v) is 4.96. The number of ether oxygens (including phenoxy) is 1. The topological polar surface area (TPSA) is 81.2 Å². The molecular weight excluding hydrogens is 504 g/mol. The van der Waals surface area contributed by atoms with E-state index in [4.69, 9.17) is 4.74 Å². The average Bonchev–Trinajstić information content (AvgIpc) is 3.05. The fraction of sp³-hybridized carbons (Fsp3) is 0.387. The van der Waals surface area contributed by atoms with Crippen LogP contribution in [0.15, 0.2) is 54.7 Å². The summed E-state index contributed by atoms with van der Waals surface area (Å²) in [4.78, 5) is 38.9. The number of anilines is 5. The predicted octanol–water partition coefficient (Wildman–Crippen LogP) is 5.39. The van der Waals surface area contributed by atoms with E-state index in [2.05, 4.69) is 29.0 Å². The van der Waals surface area contributed by atoms with E-state index in [1.165, 1.54) is 0 Å². The van der Waals surface area contributed by atoms with Gasteiger partial charge in [0, 0.05) is 45.4 Å². The molecule has 40 heavy (non-hydrogen) atoms. The lowest BCUT2D eigenvalue weighted by molar-refractivity contribution is 0.0746. The molecule has 0 unspecified atom stereocenters. The van der Waals surface area contributed by atoms with Crippen LogP contribution in [-0.4, -0.2) is 80.0 Å². The molecule has 1 aromatic heterocycles. The van der Waals surface area contributed by atoms with Gasteiger partial charge in [-0.1, -0.05) is 26.0 Å². The van der Waals surface area contributed by atoms with Gasteiger partial charge in [-0.3, -0.25) is 9.59 Å². The molecule has 212 valence electrons. The number of rotatable bonds is 11. The molecule has 1 aliphatic heterocycles. The molecule has 1 aliphatic rings. The number of hydrogen-bond donors (Lipinski definition) is 1. The number of amides is 2. The number of para-hydroxylation sites is 1. The molecular formula is C31H40N6O3. The van der Waals surface area contributed by atoms with Gasteiger partial charge in [0.2, 0.25) is 0 Å². The van der Waals surface area contributed by atoms with Crippen molar-refractivity contribution in [3.63, 3.8) is 0 Å². The Labute approximate surface area is 237 Å². The second kappa shape index (κ2) is 12.8. The van der Waals surface area contributed by atoms with Crippen LogP contribution in [0.5, 0.6) is 5.75 Å². The third kappa shape index (κ3) is 5.89.